The van der Waals surface area contributed by atoms with Gasteiger partial charge in [-0.2, -0.15) is 0 Å². The zero-order valence-corrected chi connectivity index (χ0v) is 9.26. The van der Waals surface area contributed by atoms with Crippen molar-refractivity contribution >= 4 is 28.7 Å². The zero-order valence-electron chi connectivity index (χ0n) is 8.44. The van der Waals surface area contributed by atoms with Gasteiger partial charge >= 0.3 is 5.30 Å². The number of hydrogen-bond donors (Lipinski definition) is 1. The van der Waals surface area contributed by atoms with Gasteiger partial charge in [0.2, 0.25) is 5.91 Å². The van der Waals surface area contributed by atoms with E-state index in [4.69, 9.17) is 4.74 Å². The van der Waals surface area contributed by atoms with Crippen molar-refractivity contribution in [2.45, 2.75) is 6.92 Å². The highest BCUT2D eigenvalue weighted by atomic mass is 32.2. The Morgan fingerprint density at radius 3 is 2.33 bits per heavy atom. The molecule has 0 saturated carbocycles. The van der Waals surface area contributed by atoms with E-state index in [0.717, 1.165) is 11.8 Å². The van der Waals surface area contributed by atoms with Crippen LogP contribution in [0.5, 0.6) is 5.75 Å². The fourth-order valence-corrected chi connectivity index (χ4v) is 1.13. The molecule has 0 aliphatic rings. The number of carbonyl (C=O) groups is 2. The van der Waals surface area contributed by atoms with E-state index in [9.17, 15) is 9.59 Å². The lowest BCUT2D eigenvalue weighted by molar-refractivity contribution is -0.114. The van der Waals surface area contributed by atoms with Crippen LogP contribution < -0.4 is 10.1 Å². The molecular weight excluding hydrogens is 214 g/mol. The molecule has 0 aliphatic heterocycles. The van der Waals surface area contributed by atoms with E-state index >= 15 is 0 Å². The van der Waals surface area contributed by atoms with Crippen molar-refractivity contribution in [2.24, 2.45) is 0 Å². The Kier molecular flexibility index (Phi) is 4.17. The number of amides is 1. The van der Waals surface area contributed by atoms with Crippen LogP contribution in [-0.2, 0) is 4.79 Å². The van der Waals surface area contributed by atoms with Gasteiger partial charge in [-0.3, -0.25) is 4.79 Å². The van der Waals surface area contributed by atoms with Crippen molar-refractivity contribution in [1.29, 1.82) is 0 Å². The van der Waals surface area contributed by atoms with E-state index in [1.54, 1.807) is 30.5 Å². The van der Waals surface area contributed by atoms with Gasteiger partial charge in [-0.15, -0.1) is 0 Å². The van der Waals surface area contributed by atoms with Gasteiger partial charge in [0.05, 0.1) is 0 Å². The summed E-state index contributed by atoms with van der Waals surface area (Å²) >= 11 is 1.00. The van der Waals surface area contributed by atoms with Crippen LogP contribution in [0.25, 0.3) is 0 Å². The maximum absolute atomic E-state index is 10.9. The van der Waals surface area contributed by atoms with Gasteiger partial charge in [0.15, 0.2) is 0 Å². The van der Waals surface area contributed by atoms with Gasteiger partial charge in [0, 0.05) is 12.6 Å². The topological polar surface area (TPSA) is 55.4 Å². The Morgan fingerprint density at radius 1 is 1.27 bits per heavy atom. The Labute approximate surface area is 92.0 Å². The van der Waals surface area contributed by atoms with Crippen molar-refractivity contribution in [2.75, 3.05) is 11.6 Å². The minimum Gasteiger partial charge on any atom is -0.418 e. The van der Waals surface area contributed by atoms with Crippen LogP contribution >= 0.6 is 11.8 Å². The zero-order chi connectivity index (χ0) is 11.3. The molecule has 1 aromatic rings. The molecule has 0 saturated heterocycles. The second-order valence-corrected chi connectivity index (χ2v) is 3.50. The molecule has 5 heteroatoms. The summed E-state index contributed by atoms with van der Waals surface area (Å²) in [5, 5.41) is 2.26. The standard InChI is InChI=1S/C10H11NO3S/c1-7(12)11-8-3-5-9(6-4-8)14-10(13)15-2/h3-6H,1-2H3,(H,11,12). The third kappa shape index (κ3) is 4.03. The first-order chi connectivity index (χ1) is 7.11. The lowest BCUT2D eigenvalue weighted by Gasteiger charge is -2.04. The van der Waals surface area contributed by atoms with E-state index in [1.165, 1.54) is 6.92 Å². The van der Waals surface area contributed by atoms with Crippen LogP contribution in [0.2, 0.25) is 0 Å². The predicted molar refractivity (Wildman–Crippen MR) is 60.3 cm³/mol. The number of thioether (sulfide) groups is 1. The molecule has 0 unspecified atom stereocenters. The largest absolute Gasteiger partial charge is 0.418 e. The first kappa shape index (κ1) is 11.6. The number of anilines is 1. The van der Waals surface area contributed by atoms with Gasteiger partial charge in [0.1, 0.15) is 5.75 Å². The maximum Gasteiger partial charge on any atom is 0.372 e. The molecule has 1 amide bonds. The molecule has 1 N–H and O–H groups in total. The molecule has 0 bridgehead atoms. The predicted octanol–water partition coefficient (Wildman–Crippen LogP) is 2.51. The van der Waals surface area contributed by atoms with Gasteiger partial charge in [-0.1, -0.05) is 0 Å². The maximum atomic E-state index is 10.9. The van der Waals surface area contributed by atoms with Crippen LogP contribution in [0.15, 0.2) is 24.3 Å². The number of benzene rings is 1. The second kappa shape index (κ2) is 5.41. The second-order valence-electron chi connectivity index (χ2n) is 2.76. The molecule has 0 spiro atoms. The van der Waals surface area contributed by atoms with Crippen molar-refractivity contribution < 1.29 is 14.3 Å². The molecule has 1 aromatic carbocycles. The first-order valence-electron chi connectivity index (χ1n) is 4.25. The number of hydrogen-bond acceptors (Lipinski definition) is 4. The smallest absolute Gasteiger partial charge is 0.372 e. The molecule has 15 heavy (non-hydrogen) atoms. The highest BCUT2D eigenvalue weighted by Gasteiger charge is 2.02. The molecular formula is C10H11NO3S. The number of ether oxygens (including phenoxy) is 1. The summed E-state index contributed by atoms with van der Waals surface area (Å²) in [4.78, 5) is 21.6. The Balaban J connectivity index is 2.64. The summed E-state index contributed by atoms with van der Waals surface area (Å²) in [5.74, 6) is 0.326. The van der Waals surface area contributed by atoms with E-state index in [2.05, 4.69) is 5.32 Å². The number of carbonyl (C=O) groups excluding carboxylic acids is 2. The van der Waals surface area contributed by atoms with Crippen LogP contribution in [0.3, 0.4) is 0 Å². The van der Waals surface area contributed by atoms with E-state index in [0.29, 0.717) is 11.4 Å². The van der Waals surface area contributed by atoms with Crippen molar-refractivity contribution in [1.82, 2.24) is 0 Å². The normalized spacial score (nSPS) is 9.47. The van der Waals surface area contributed by atoms with Gasteiger partial charge < -0.3 is 10.1 Å². The minimum absolute atomic E-state index is 0.135. The highest BCUT2D eigenvalue weighted by Crippen LogP contribution is 2.17. The van der Waals surface area contributed by atoms with Gasteiger partial charge in [-0.05, 0) is 42.3 Å². The molecule has 0 aliphatic carbocycles. The van der Waals surface area contributed by atoms with Crippen molar-refractivity contribution in [3.05, 3.63) is 24.3 Å². The van der Waals surface area contributed by atoms with Crippen LogP contribution in [-0.4, -0.2) is 17.5 Å². The third-order valence-electron chi connectivity index (χ3n) is 1.54. The molecule has 1 rings (SSSR count). The lowest BCUT2D eigenvalue weighted by atomic mass is 10.3. The fourth-order valence-electron chi connectivity index (χ4n) is 0.947. The third-order valence-corrected chi connectivity index (χ3v) is 1.96. The summed E-state index contributed by atoms with van der Waals surface area (Å²) in [6.07, 6.45) is 1.65. The first-order valence-corrected chi connectivity index (χ1v) is 5.47. The molecule has 0 heterocycles. The monoisotopic (exact) mass is 225 g/mol. The quantitative estimate of drug-likeness (QED) is 0.786. The number of rotatable bonds is 2. The average molecular weight is 225 g/mol. The van der Waals surface area contributed by atoms with E-state index in [-0.39, 0.29) is 11.2 Å². The van der Waals surface area contributed by atoms with Gasteiger partial charge in [0.25, 0.3) is 0 Å². The Morgan fingerprint density at radius 2 is 1.87 bits per heavy atom. The molecule has 0 aromatic heterocycles. The molecule has 0 atom stereocenters. The summed E-state index contributed by atoms with van der Waals surface area (Å²) in [5.41, 5.74) is 0.673. The minimum atomic E-state index is -0.359. The molecule has 0 fully saturated rings. The fraction of sp³-hybridized carbons (Fsp3) is 0.200. The SMILES string of the molecule is CSC(=O)Oc1ccc(NC(C)=O)cc1. The summed E-state index contributed by atoms with van der Waals surface area (Å²) in [6, 6.07) is 6.59. The number of nitrogens with one attached hydrogen (secondary N) is 1. The van der Waals surface area contributed by atoms with E-state index < -0.39 is 0 Å². The molecule has 80 valence electrons. The molecule has 0 radical (unpaired) electrons. The van der Waals surface area contributed by atoms with Crippen LogP contribution in [0, 0.1) is 0 Å². The van der Waals surface area contributed by atoms with Gasteiger partial charge in [-0.25, -0.2) is 4.79 Å². The van der Waals surface area contributed by atoms with E-state index in [1.807, 2.05) is 0 Å². The van der Waals surface area contributed by atoms with Crippen LogP contribution in [0.1, 0.15) is 6.92 Å². The summed E-state index contributed by atoms with van der Waals surface area (Å²) in [6.45, 7) is 1.43. The Bertz CT molecular complexity index is 361. The van der Waals surface area contributed by atoms with Crippen molar-refractivity contribution in [3.63, 3.8) is 0 Å². The van der Waals surface area contributed by atoms with Crippen molar-refractivity contribution in [3.8, 4) is 5.75 Å². The highest BCUT2D eigenvalue weighted by molar-refractivity contribution is 8.12. The molecule has 4 nitrogen and oxygen atoms in total. The summed E-state index contributed by atoms with van der Waals surface area (Å²) < 4.78 is 4.93. The lowest BCUT2D eigenvalue weighted by Crippen LogP contribution is -2.05. The van der Waals surface area contributed by atoms with Crippen LogP contribution in [0.4, 0.5) is 10.5 Å². The summed E-state index contributed by atoms with van der Waals surface area (Å²) in [7, 11) is 0. The Hall–Kier alpha value is -1.49. The average Bonchev–Trinajstić information content (AvgIpc) is 2.20.